The SMILES string of the molecule is CCCc1nc(CSCc2ccc(Oc3ccc4nc(COc5ccc(CC6SC(=O)NC6=O)cc5)n(C)c4c3)cc2)c(C(=O)OCC)n1Cc1ccc(-c2ccccc2-c2nn[nH]n2)cc1. The first-order valence-corrected chi connectivity index (χ1v) is 24.0. The lowest BCUT2D eigenvalue weighted by Crippen LogP contribution is -2.25. The number of nitrogens with one attached hydrogen (secondary N) is 2. The second-order valence-electron chi connectivity index (χ2n) is 15.9. The van der Waals surface area contributed by atoms with Crippen LogP contribution < -0.4 is 14.8 Å². The highest BCUT2D eigenvalue weighted by atomic mass is 32.2. The zero-order valence-corrected chi connectivity index (χ0v) is 38.7. The second kappa shape index (κ2) is 20.5. The molecule has 1 atom stereocenters. The van der Waals surface area contributed by atoms with Crippen LogP contribution in [-0.2, 0) is 54.1 Å². The van der Waals surface area contributed by atoms with Gasteiger partial charge in [0.25, 0.3) is 5.24 Å². The minimum absolute atomic E-state index is 0.251. The van der Waals surface area contributed by atoms with Crippen LogP contribution in [-0.4, -0.2) is 68.7 Å². The number of rotatable bonds is 19. The van der Waals surface area contributed by atoms with E-state index in [2.05, 4.69) is 69.3 Å². The van der Waals surface area contributed by atoms with Gasteiger partial charge in [0.2, 0.25) is 11.7 Å². The normalized spacial score (nSPS) is 13.6. The Balaban J connectivity index is 0.818. The first-order valence-electron chi connectivity index (χ1n) is 21.9. The van der Waals surface area contributed by atoms with Crippen LogP contribution in [0.15, 0.2) is 115 Å². The Bertz CT molecular complexity index is 3030. The number of aromatic amines is 1. The van der Waals surface area contributed by atoms with Gasteiger partial charge in [-0.25, -0.2) is 14.8 Å². The van der Waals surface area contributed by atoms with E-state index >= 15 is 0 Å². The average molecular weight is 934 g/mol. The van der Waals surface area contributed by atoms with Crippen molar-refractivity contribution in [3.63, 3.8) is 0 Å². The Labute approximate surface area is 395 Å². The summed E-state index contributed by atoms with van der Waals surface area (Å²) in [6.45, 7) is 4.94. The van der Waals surface area contributed by atoms with E-state index in [4.69, 9.17) is 24.2 Å². The molecule has 1 aliphatic rings. The molecule has 0 spiro atoms. The monoisotopic (exact) mass is 933 g/mol. The Morgan fingerprint density at radius 2 is 1.54 bits per heavy atom. The second-order valence-corrected chi connectivity index (χ2v) is 18.0. The predicted octanol–water partition coefficient (Wildman–Crippen LogP) is 9.49. The van der Waals surface area contributed by atoms with Gasteiger partial charge in [0.05, 0.1) is 28.6 Å². The number of fused-ring (bicyclic) bond motifs is 1. The van der Waals surface area contributed by atoms with Gasteiger partial charge in [-0.3, -0.25) is 14.9 Å². The molecule has 9 rings (SSSR count). The van der Waals surface area contributed by atoms with Crippen LogP contribution in [0.3, 0.4) is 0 Å². The first-order chi connectivity index (χ1) is 32.7. The summed E-state index contributed by atoms with van der Waals surface area (Å²) in [5, 5.41) is 16.2. The molecule has 67 heavy (non-hydrogen) atoms. The lowest BCUT2D eigenvalue weighted by molar-refractivity contribution is -0.118. The highest BCUT2D eigenvalue weighted by Crippen LogP contribution is 2.32. The zero-order chi connectivity index (χ0) is 46.3. The molecule has 17 heteroatoms. The number of imidazole rings is 2. The molecule has 5 aromatic carbocycles. The molecule has 1 fully saturated rings. The smallest absolute Gasteiger partial charge is 0.356 e. The van der Waals surface area contributed by atoms with Crippen LogP contribution in [0.2, 0.25) is 0 Å². The fraction of sp³-hybridized carbons (Fsp3) is 0.240. The third-order valence-corrected chi connectivity index (χ3v) is 13.3. The van der Waals surface area contributed by atoms with Gasteiger partial charge in [-0.2, -0.15) is 17.0 Å². The maximum absolute atomic E-state index is 13.6. The van der Waals surface area contributed by atoms with E-state index in [-0.39, 0.29) is 30.3 Å². The number of nitrogens with zero attached hydrogens (tertiary/aromatic N) is 7. The van der Waals surface area contributed by atoms with Crippen LogP contribution in [0.25, 0.3) is 33.5 Å². The molecule has 0 saturated carbocycles. The van der Waals surface area contributed by atoms with Crippen molar-refractivity contribution in [2.24, 2.45) is 7.05 Å². The molecule has 2 amide bonds. The summed E-state index contributed by atoms with van der Waals surface area (Å²) in [5.74, 6) is 4.84. The number of aryl methyl sites for hydroxylation is 2. The number of thioether (sulfide) groups is 2. The van der Waals surface area contributed by atoms with Crippen LogP contribution in [0.5, 0.6) is 17.2 Å². The Hall–Kier alpha value is -7.24. The first kappa shape index (κ1) is 44.9. The number of carbonyl (C=O) groups excluding carboxylic acids is 3. The van der Waals surface area contributed by atoms with Crippen molar-refractivity contribution in [2.45, 2.75) is 63.0 Å². The molecule has 8 aromatic rings. The Morgan fingerprint density at radius 3 is 2.25 bits per heavy atom. The van der Waals surface area contributed by atoms with Crippen molar-refractivity contribution in [3.05, 3.63) is 155 Å². The van der Waals surface area contributed by atoms with Gasteiger partial charge in [0.15, 0.2) is 5.69 Å². The van der Waals surface area contributed by atoms with E-state index in [0.29, 0.717) is 53.2 Å². The fourth-order valence-electron chi connectivity index (χ4n) is 7.92. The number of carbonyl (C=O) groups is 3. The third-order valence-electron chi connectivity index (χ3n) is 11.3. The largest absolute Gasteiger partial charge is 0.486 e. The molecule has 4 heterocycles. The van der Waals surface area contributed by atoms with Gasteiger partial charge >= 0.3 is 5.97 Å². The van der Waals surface area contributed by atoms with Crippen molar-refractivity contribution >= 4 is 51.7 Å². The van der Waals surface area contributed by atoms with E-state index in [1.165, 1.54) is 0 Å². The van der Waals surface area contributed by atoms with Crippen molar-refractivity contribution in [1.82, 2.24) is 45.0 Å². The maximum atomic E-state index is 13.6. The van der Waals surface area contributed by atoms with E-state index in [0.717, 1.165) is 86.4 Å². The average Bonchev–Trinajstić information content (AvgIpc) is 4.14. The van der Waals surface area contributed by atoms with Crippen molar-refractivity contribution < 1.29 is 28.6 Å². The number of aromatic nitrogens is 8. The topological polar surface area (TPSA) is 181 Å². The van der Waals surface area contributed by atoms with Crippen molar-refractivity contribution in [3.8, 4) is 39.8 Å². The third kappa shape index (κ3) is 10.4. The standard InChI is InChI=1S/C50H47N9O6S2/c1-4-8-44-52-41(46(49(61)63-5-2)59(44)27-32-11-17-34(18-12-32)38-9-6-7-10-39(38)47-54-56-57-55-47)30-66-29-33-15-21-36(22-16-33)65-37-23-24-40-42(26-37)58(3)45(51-40)28-64-35-19-13-31(14-20-35)25-43-48(60)53-50(62)67-43/h6-7,9-24,26,43H,4-5,8,25,27-30H2,1-3H3,(H,53,60,62)(H,54,55,56,57). The lowest BCUT2D eigenvalue weighted by atomic mass is 9.98. The van der Waals surface area contributed by atoms with Crippen LogP contribution >= 0.6 is 23.5 Å². The number of imide groups is 1. The number of esters is 1. The van der Waals surface area contributed by atoms with Gasteiger partial charge in [-0.05, 0) is 89.2 Å². The quantitative estimate of drug-likeness (QED) is 0.0733. The molecule has 1 aliphatic heterocycles. The summed E-state index contributed by atoms with van der Waals surface area (Å²) in [5.41, 5.74) is 8.94. The molecular weight excluding hydrogens is 887 g/mol. The highest BCUT2D eigenvalue weighted by molar-refractivity contribution is 8.15. The number of hydrogen-bond donors (Lipinski definition) is 2. The van der Waals surface area contributed by atoms with E-state index in [1.54, 1.807) is 11.8 Å². The lowest BCUT2D eigenvalue weighted by Gasteiger charge is -2.13. The van der Waals surface area contributed by atoms with Crippen molar-refractivity contribution in [1.29, 1.82) is 0 Å². The van der Waals surface area contributed by atoms with E-state index in [1.807, 2.05) is 102 Å². The number of tetrazole rings is 1. The summed E-state index contributed by atoms with van der Waals surface area (Å²) >= 11 is 2.72. The summed E-state index contributed by atoms with van der Waals surface area (Å²) in [6, 6.07) is 37.6. The molecule has 2 N–H and O–H groups in total. The van der Waals surface area contributed by atoms with Gasteiger partial charge in [0, 0.05) is 43.1 Å². The van der Waals surface area contributed by atoms with Gasteiger partial charge in [0.1, 0.15) is 35.5 Å². The fourth-order valence-corrected chi connectivity index (χ4v) is 9.71. The van der Waals surface area contributed by atoms with Gasteiger partial charge in [-0.15, -0.1) is 10.2 Å². The van der Waals surface area contributed by atoms with E-state index in [9.17, 15) is 14.4 Å². The molecule has 0 bridgehead atoms. The van der Waals surface area contributed by atoms with E-state index < -0.39 is 5.25 Å². The molecule has 1 unspecified atom stereocenters. The molecule has 340 valence electrons. The zero-order valence-electron chi connectivity index (χ0n) is 37.1. The minimum Gasteiger partial charge on any atom is -0.486 e. The number of H-pyrrole nitrogens is 1. The van der Waals surface area contributed by atoms with Crippen LogP contribution in [0.4, 0.5) is 4.79 Å². The molecule has 1 saturated heterocycles. The van der Waals surface area contributed by atoms with Crippen molar-refractivity contribution in [2.75, 3.05) is 6.61 Å². The summed E-state index contributed by atoms with van der Waals surface area (Å²) in [6.07, 6.45) is 2.08. The van der Waals surface area contributed by atoms with Gasteiger partial charge < -0.3 is 23.3 Å². The summed E-state index contributed by atoms with van der Waals surface area (Å²) < 4.78 is 22.0. The molecule has 15 nitrogen and oxygen atoms in total. The molecule has 0 aliphatic carbocycles. The maximum Gasteiger partial charge on any atom is 0.356 e. The highest BCUT2D eigenvalue weighted by Gasteiger charge is 2.31. The molecule has 3 aromatic heterocycles. The van der Waals surface area contributed by atoms with Gasteiger partial charge in [-0.1, -0.05) is 91.5 Å². The number of amides is 2. The molecule has 0 radical (unpaired) electrons. The Kier molecular flexibility index (Phi) is 13.8. The Morgan fingerprint density at radius 1 is 0.806 bits per heavy atom. The minimum atomic E-state index is -0.412. The van der Waals surface area contributed by atoms with Crippen LogP contribution in [0, 0.1) is 0 Å². The number of hydrogen-bond acceptors (Lipinski definition) is 13. The molecular formula is C50H47N9O6S2. The number of ether oxygens (including phenoxy) is 3. The summed E-state index contributed by atoms with van der Waals surface area (Å²) in [7, 11) is 1.95. The number of benzene rings is 5. The van der Waals surface area contributed by atoms with Crippen LogP contribution in [0.1, 0.15) is 64.8 Å². The summed E-state index contributed by atoms with van der Waals surface area (Å²) in [4.78, 5) is 46.9. The predicted molar refractivity (Wildman–Crippen MR) is 258 cm³/mol.